The van der Waals surface area contributed by atoms with Gasteiger partial charge in [-0.2, -0.15) is 0 Å². The Kier molecular flexibility index (Phi) is 3.11. The molecule has 0 aliphatic heterocycles. The van der Waals surface area contributed by atoms with Crippen LogP contribution in [0.2, 0.25) is 5.02 Å². The molecule has 1 radical (unpaired) electrons. The van der Waals surface area contributed by atoms with E-state index in [0.29, 0.717) is 13.1 Å². The molecule has 0 saturated heterocycles. The first-order valence-electron chi connectivity index (χ1n) is 2.39. The summed E-state index contributed by atoms with van der Waals surface area (Å²) in [6.07, 6.45) is 0. The second kappa shape index (κ2) is 3.65. The number of hydrogen-bond donors (Lipinski definition) is 0. The quantitative estimate of drug-likeness (QED) is 0.660. The molecule has 3 heteroatoms. The van der Waals surface area contributed by atoms with Gasteiger partial charge in [-0.25, -0.2) is 0 Å². The van der Waals surface area contributed by atoms with E-state index >= 15 is 0 Å². The molecule has 0 heterocycles. The summed E-state index contributed by atoms with van der Waals surface area (Å²) in [5.41, 5.74) is 0. The van der Waals surface area contributed by atoms with Crippen molar-refractivity contribution in [3.05, 3.63) is 29.3 Å². The predicted molar refractivity (Wildman–Crippen MR) is 42.6 cm³/mol. The Labute approximate surface area is 72.5 Å². The van der Waals surface area contributed by atoms with Gasteiger partial charge in [0.2, 0.25) is 0 Å². The van der Waals surface area contributed by atoms with Gasteiger partial charge in [-0.05, 0) is 0 Å². The molecule has 1 rings (SSSR count). The van der Waals surface area contributed by atoms with Crippen molar-refractivity contribution in [3.63, 3.8) is 0 Å². The third-order valence-electron chi connectivity index (χ3n) is 0.926. The summed E-state index contributed by atoms with van der Waals surface area (Å²) >= 11 is 9.20. The van der Waals surface area contributed by atoms with Crippen molar-refractivity contribution >= 4 is 43.4 Å². The second-order valence-corrected chi connectivity index (χ2v) is 5.01. The van der Waals surface area contributed by atoms with Crippen LogP contribution in [0.4, 0.5) is 0 Å². The summed E-state index contributed by atoms with van der Waals surface area (Å²) in [5, 5.41) is 0.872. The Bertz CT molecular complexity index is 200. The van der Waals surface area contributed by atoms with Gasteiger partial charge in [0.25, 0.3) is 0 Å². The van der Waals surface area contributed by atoms with E-state index in [1.807, 2.05) is 24.3 Å². The first-order valence-corrected chi connectivity index (χ1v) is 7.95. The summed E-state index contributed by atoms with van der Waals surface area (Å²) in [6, 6.07) is 7.90. The van der Waals surface area contributed by atoms with Gasteiger partial charge >= 0.3 is 72.7 Å². The summed E-state index contributed by atoms with van der Waals surface area (Å²) in [4.78, 5) is 0. The van der Waals surface area contributed by atoms with E-state index in [2.05, 4.69) is 14.2 Å². The zero-order valence-corrected chi connectivity index (χ0v) is 8.69. The van der Waals surface area contributed by atoms with Gasteiger partial charge in [0.05, 0.1) is 0 Å². The first kappa shape index (κ1) is 7.65. The summed E-state index contributed by atoms with van der Waals surface area (Å²) in [7, 11) is 0. The number of halogens is 1. The molecule has 0 nitrogen and oxygen atoms in total. The van der Waals surface area contributed by atoms with Crippen molar-refractivity contribution in [1.29, 1.82) is 0 Å². The molecule has 0 bridgehead atoms. The van der Waals surface area contributed by atoms with Gasteiger partial charge in [-0.15, -0.1) is 0 Å². The van der Waals surface area contributed by atoms with E-state index in [0.717, 1.165) is 5.02 Å². The molecule has 0 amide bonds. The number of hydrogen-bond acceptors (Lipinski definition) is 0. The Morgan fingerprint density at radius 2 is 2.00 bits per heavy atom. The zero-order chi connectivity index (χ0) is 6.69. The van der Waals surface area contributed by atoms with Gasteiger partial charge in [0.1, 0.15) is 0 Å². The molecule has 0 aromatic heterocycles. The van der Waals surface area contributed by atoms with Crippen molar-refractivity contribution in [3.8, 4) is 0 Å². The fraction of sp³-hybridized carbons (Fsp3) is 0. The molecule has 0 saturated carbocycles. The second-order valence-electron chi connectivity index (χ2n) is 1.51. The molecular weight excluding hydrogens is 265 g/mol. The van der Waals surface area contributed by atoms with Crippen LogP contribution < -0.4 is 4.46 Å². The van der Waals surface area contributed by atoms with E-state index in [9.17, 15) is 0 Å². The summed E-state index contributed by atoms with van der Waals surface area (Å²) in [5.74, 6) is 0. The van der Waals surface area contributed by atoms with Crippen LogP contribution >= 0.6 is 11.6 Å². The average molecular weight is 269 g/mol. The van der Waals surface area contributed by atoms with Crippen molar-refractivity contribution in [2.45, 2.75) is 0 Å². The molecule has 1 aromatic carbocycles. The Morgan fingerprint density at radius 1 is 1.33 bits per heavy atom. The zero-order valence-electron chi connectivity index (χ0n) is 4.50. The molecule has 0 fully saturated rings. The van der Waals surface area contributed by atoms with E-state index < -0.39 is 0 Å². The minimum absolute atomic E-state index is 0.401. The van der Waals surface area contributed by atoms with Crippen LogP contribution in [0.25, 0.3) is 0 Å². The van der Waals surface area contributed by atoms with Crippen LogP contribution in [-0.4, -0.2) is 27.3 Å². The average Bonchev–Trinajstić information content (AvgIpc) is 1.89. The fourth-order valence-corrected chi connectivity index (χ4v) is 3.56. The van der Waals surface area contributed by atoms with Gasteiger partial charge in [0.15, 0.2) is 0 Å². The molecule has 0 aliphatic carbocycles. The standard InChI is InChI=1S/C6H4ClSe2/c7-5-3-1-2-4-6(5)9-8/h1-4H. The van der Waals surface area contributed by atoms with Crippen LogP contribution in [-0.2, 0) is 0 Å². The Hall–Kier alpha value is 0.549. The summed E-state index contributed by atoms with van der Waals surface area (Å²) in [6.45, 7) is 0. The van der Waals surface area contributed by atoms with Gasteiger partial charge in [0, 0.05) is 0 Å². The Morgan fingerprint density at radius 3 is 2.44 bits per heavy atom. The number of rotatable bonds is 1. The third-order valence-corrected chi connectivity index (χ3v) is 4.59. The molecule has 0 atom stereocenters. The Balaban J connectivity index is 3.01. The first-order chi connectivity index (χ1) is 4.34. The van der Waals surface area contributed by atoms with Crippen molar-refractivity contribution in [2.24, 2.45) is 0 Å². The van der Waals surface area contributed by atoms with E-state index in [1.165, 1.54) is 4.46 Å². The normalized spacial score (nSPS) is 9.56. The maximum atomic E-state index is 5.82. The van der Waals surface area contributed by atoms with Crippen molar-refractivity contribution in [1.82, 2.24) is 0 Å². The molecule has 9 heavy (non-hydrogen) atoms. The predicted octanol–water partition coefficient (Wildman–Crippen LogP) is 0.753. The van der Waals surface area contributed by atoms with E-state index in [4.69, 9.17) is 11.6 Å². The topological polar surface area (TPSA) is 0 Å². The minimum atomic E-state index is 0.401. The van der Waals surface area contributed by atoms with Crippen LogP contribution in [0.3, 0.4) is 0 Å². The third kappa shape index (κ3) is 2.00. The maximum absolute atomic E-state index is 5.82. The van der Waals surface area contributed by atoms with Gasteiger partial charge in [-0.3, -0.25) is 0 Å². The van der Waals surface area contributed by atoms with Gasteiger partial charge < -0.3 is 0 Å². The van der Waals surface area contributed by atoms with Crippen molar-refractivity contribution < 1.29 is 0 Å². The van der Waals surface area contributed by atoms with E-state index in [-0.39, 0.29) is 0 Å². The monoisotopic (exact) mass is 271 g/mol. The molecule has 47 valence electrons. The molecule has 0 spiro atoms. The van der Waals surface area contributed by atoms with Crippen LogP contribution in [0, 0.1) is 0 Å². The number of benzene rings is 1. The molecular formula is C6H4ClSe2. The SMILES string of the molecule is Clc1ccccc1[Se][Se]. The van der Waals surface area contributed by atoms with Gasteiger partial charge in [-0.1, -0.05) is 0 Å². The van der Waals surface area contributed by atoms with Crippen LogP contribution in [0.5, 0.6) is 0 Å². The molecule has 0 N–H and O–H groups in total. The summed E-state index contributed by atoms with van der Waals surface area (Å²) < 4.78 is 1.23. The van der Waals surface area contributed by atoms with Crippen LogP contribution in [0.15, 0.2) is 24.3 Å². The molecule has 0 aliphatic rings. The fourth-order valence-electron chi connectivity index (χ4n) is 0.512. The van der Waals surface area contributed by atoms with E-state index in [1.54, 1.807) is 0 Å². The molecule has 1 aromatic rings. The van der Waals surface area contributed by atoms with Crippen molar-refractivity contribution in [2.75, 3.05) is 0 Å². The van der Waals surface area contributed by atoms with Crippen LogP contribution in [0.1, 0.15) is 0 Å². The molecule has 0 unspecified atom stereocenters.